The molecule has 2 aromatic heterocycles. The van der Waals surface area contributed by atoms with Gasteiger partial charge in [0.05, 0.1) is 23.1 Å². The smallest absolute Gasteiger partial charge is 0.255 e. The molecule has 0 unspecified atom stereocenters. The summed E-state index contributed by atoms with van der Waals surface area (Å²) in [6, 6.07) is 18.6. The summed E-state index contributed by atoms with van der Waals surface area (Å²) in [5.41, 5.74) is 3.34. The summed E-state index contributed by atoms with van der Waals surface area (Å²) < 4.78 is 15.9. The van der Waals surface area contributed by atoms with E-state index >= 15 is 0 Å². The van der Waals surface area contributed by atoms with Crippen molar-refractivity contribution in [1.29, 1.82) is 0 Å². The normalized spacial score (nSPS) is 15.9. The fourth-order valence-electron chi connectivity index (χ4n) is 4.72. The standard InChI is InChI=1S/C28H29FN6O/c1-19(2)26-23(27(36)32-21-13-15-34(18-21)17-20-8-4-3-5-9-20)16-31-35(26)28-30-14-12-25(33-28)22-10-6-7-11-24(22)29/h3-12,14,16,19,21H,13,15,17-18H2,1-2H3,(H,32,36)/t21-/m0/s1. The fourth-order valence-corrected chi connectivity index (χ4v) is 4.72. The van der Waals surface area contributed by atoms with Gasteiger partial charge < -0.3 is 5.32 Å². The number of carbonyl (C=O) groups is 1. The number of amides is 1. The van der Waals surface area contributed by atoms with Crippen LogP contribution in [0, 0.1) is 5.82 Å². The topological polar surface area (TPSA) is 75.9 Å². The molecule has 0 radical (unpaired) electrons. The maximum absolute atomic E-state index is 14.3. The van der Waals surface area contributed by atoms with Gasteiger partial charge in [-0.15, -0.1) is 0 Å². The Balaban J connectivity index is 1.34. The molecule has 1 aliphatic heterocycles. The van der Waals surface area contributed by atoms with Crippen LogP contribution < -0.4 is 5.32 Å². The minimum atomic E-state index is -0.357. The summed E-state index contributed by atoms with van der Waals surface area (Å²) in [6.45, 7) is 6.62. The SMILES string of the molecule is CC(C)c1c(C(=O)N[C@H]2CCN(Cc3ccccc3)C2)cnn1-c1nccc(-c2ccccc2F)n1. The maximum atomic E-state index is 14.3. The molecule has 0 aliphatic carbocycles. The number of aromatic nitrogens is 4. The van der Waals surface area contributed by atoms with Crippen LogP contribution in [0.5, 0.6) is 0 Å². The Morgan fingerprint density at radius 1 is 1.11 bits per heavy atom. The molecule has 1 amide bonds. The summed E-state index contributed by atoms with van der Waals surface area (Å²) in [6.07, 6.45) is 4.05. The van der Waals surface area contributed by atoms with Crippen LogP contribution in [0.25, 0.3) is 17.2 Å². The number of hydrogen-bond donors (Lipinski definition) is 1. The molecule has 0 bridgehead atoms. The number of nitrogens with one attached hydrogen (secondary N) is 1. The van der Waals surface area contributed by atoms with Gasteiger partial charge in [-0.3, -0.25) is 9.69 Å². The summed E-state index contributed by atoms with van der Waals surface area (Å²) in [7, 11) is 0. The van der Waals surface area contributed by atoms with Gasteiger partial charge in [0, 0.05) is 37.4 Å². The van der Waals surface area contributed by atoms with Crippen LogP contribution in [0.1, 0.15) is 47.8 Å². The molecule has 4 aromatic rings. The third-order valence-electron chi connectivity index (χ3n) is 6.44. The molecule has 8 heteroatoms. The van der Waals surface area contributed by atoms with Crippen LogP contribution in [0.2, 0.25) is 0 Å². The van der Waals surface area contributed by atoms with Crippen LogP contribution in [-0.4, -0.2) is 49.7 Å². The monoisotopic (exact) mass is 484 g/mol. The van der Waals surface area contributed by atoms with Crippen LogP contribution >= 0.6 is 0 Å². The predicted molar refractivity (Wildman–Crippen MR) is 136 cm³/mol. The molecule has 5 rings (SSSR count). The Bertz CT molecular complexity index is 1350. The minimum absolute atomic E-state index is 0.00729. The highest BCUT2D eigenvalue weighted by Crippen LogP contribution is 2.25. The van der Waals surface area contributed by atoms with Crippen LogP contribution in [0.15, 0.2) is 73.1 Å². The molecule has 2 aromatic carbocycles. The van der Waals surface area contributed by atoms with Crippen molar-refractivity contribution in [2.24, 2.45) is 0 Å². The van der Waals surface area contributed by atoms with Gasteiger partial charge in [0.15, 0.2) is 0 Å². The molecule has 1 atom stereocenters. The molecule has 1 fully saturated rings. The lowest BCUT2D eigenvalue weighted by Crippen LogP contribution is -2.37. The molecule has 184 valence electrons. The molecule has 0 saturated carbocycles. The van der Waals surface area contributed by atoms with E-state index in [9.17, 15) is 9.18 Å². The first-order valence-electron chi connectivity index (χ1n) is 12.2. The largest absolute Gasteiger partial charge is 0.348 e. The van der Waals surface area contributed by atoms with Crippen molar-refractivity contribution in [2.45, 2.75) is 38.8 Å². The average Bonchev–Trinajstić information content (AvgIpc) is 3.52. The van der Waals surface area contributed by atoms with Gasteiger partial charge in [-0.1, -0.05) is 56.3 Å². The van der Waals surface area contributed by atoms with Gasteiger partial charge in [0.1, 0.15) is 5.82 Å². The van der Waals surface area contributed by atoms with Gasteiger partial charge >= 0.3 is 0 Å². The number of nitrogens with zero attached hydrogens (tertiary/aromatic N) is 5. The predicted octanol–water partition coefficient (Wildman–Crippen LogP) is 4.60. The first kappa shape index (κ1) is 23.8. The zero-order valence-electron chi connectivity index (χ0n) is 20.4. The lowest BCUT2D eigenvalue weighted by atomic mass is 10.0. The van der Waals surface area contributed by atoms with E-state index in [1.165, 1.54) is 11.6 Å². The summed E-state index contributed by atoms with van der Waals surface area (Å²) in [4.78, 5) is 24.6. The quantitative estimate of drug-likeness (QED) is 0.415. The zero-order valence-corrected chi connectivity index (χ0v) is 20.4. The Hall–Kier alpha value is -3.91. The van der Waals surface area contributed by atoms with Crippen molar-refractivity contribution in [3.05, 3.63) is 95.7 Å². The van der Waals surface area contributed by atoms with Crippen molar-refractivity contribution in [3.63, 3.8) is 0 Å². The number of benzene rings is 2. The summed E-state index contributed by atoms with van der Waals surface area (Å²) >= 11 is 0. The van der Waals surface area contributed by atoms with E-state index in [-0.39, 0.29) is 23.7 Å². The van der Waals surface area contributed by atoms with E-state index in [1.807, 2.05) is 32.0 Å². The Morgan fingerprint density at radius 2 is 1.89 bits per heavy atom. The Kier molecular flexibility index (Phi) is 6.86. The van der Waals surface area contributed by atoms with E-state index < -0.39 is 0 Å². The Labute approximate surface area is 210 Å². The maximum Gasteiger partial charge on any atom is 0.255 e. The first-order valence-corrected chi connectivity index (χ1v) is 12.2. The molecular formula is C28H29FN6O. The second-order valence-electron chi connectivity index (χ2n) is 9.41. The highest BCUT2D eigenvalue weighted by molar-refractivity contribution is 5.95. The van der Waals surface area contributed by atoms with Gasteiger partial charge in [0.2, 0.25) is 0 Å². The second kappa shape index (κ2) is 10.4. The molecule has 7 nitrogen and oxygen atoms in total. The number of rotatable bonds is 7. The van der Waals surface area contributed by atoms with Crippen LogP contribution in [-0.2, 0) is 6.54 Å². The molecule has 36 heavy (non-hydrogen) atoms. The number of carbonyl (C=O) groups excluding carboxylic acids is 1. The van der Waals surface area contributed by atoms with E-state index in [2.05, 4.69) is 37.4 Å². The van der Waals surface area contributed by atoms with Crippen molar-refractivity contribution < 1.29 is 9.18 Å². The highest BCUT2D eigenvalue weighted by Gasteiger charge is 2.27. The second-order valence-corrected chi connectivity index (χ2v) is 9.41. The average molecular weight is 485 g/mol. The van der Waals surface area contributed by atoms with Gasteiger partial charge in [-0.25, -0.2) is 19.0 Å². The van der Waals surface area contributed by atoms with E-state index in [4.69, 9.17) is 0 Å². The van der Waals surface area contributed by atoms with Crippen LogP contribution in [0.4, 0.5) is 4.39 Å². The molecule has 1 N–H and O–H groups in total. The summed E-state index contributed by atoms with van der Waals surface area (Å²) in [5.74, 6) is -0.216. The van der Waals surface area contributed by atoms with Gasteiger partial charge in [0.25, 0.3) is 11.9 Å². The third kappa shape index (κ3) is 5.04. The van der Waals surface area contributed by atoms with Crippen molar-refractivity contribution in [1.82, 2.24) is 30.0 Å². The number of hydrogen-bond acceptors (Lipinski definition) is 5. The fraction of sp³-hybridized carbons (Fsp3) is 0.286. The van der Waals surface area contributed by atoms with E-state index in [0.29, 0.717) is 22.8 Å². The van der Waals surface area contributed by atoms with Gasteiger partial charge in [-0.05, 0) is 36.1 Å². The van der Waals surface area contributed by atoms with E-state index in [0.717, 1.165) is 31.7 Å². The van der Waals surface area contributed by atoms with E-state index in [1.54, 1.807) is 41.3 Å². The zero-order chi connectivity index (χ0) is 25.1. The van der Waals surface area contributed by atoms with Gasteiger partial charge in [-0.2, -0.15) is 5.10 Å². The number of halogens is 1. The number of likely N-dealkylation sites (tertiary alicyclic amines) is 1. The molecule has 0 spiro atoms. The highest BCUT2D eigenvalue weighted by atomic mass is 19.1. The molecule has 1 saturated heterocycles. The molecular weight excluding hydrogens is 455 g/mol. The van der Waals surface area contributed by atoms with Crippen molar-refractivity contribution >= 4 is 5.91 Å². The summed E-state index contributed by atoms with van der Waals surface area (Å²) in [5, 5.41) is 7.65. The molecule has 1 aliphatic rings. The lowest BCUT2D eigenvalue weighted by molar-refractivity contribution is 0.0936. The first-order chi connectivity index (χ1) is 17.5. The van der Waals surface area contributed by atoms with Crippen molar-refractivity contribution in [2.75, 3.05) is 13.1 Å². The van der Waals surface area contributed by atoms with Crippen LogP contribution in [0.3, 0.4) is 0 Å². The Morgan fingerprint density at radius 3 is 2.67 bits per heavy atom. The lowest BCUT2D eigenvalue weighted by Gasteiger charge is -2.17. The minimum Gasteiger partial charge on any atom is -0.348 e. The van der Waals surface area contributed by atoms with Crippen molar-refractivity contribution in [3.8, 4) is 17.2 Å². The molecule has 3 heterocycles. The third-order valence-corrected chi connectivity index (χ3v) is 6.44.